The van der Waals surface area contributed by atoms with Crippen molar-refractivity contribution in [1.29, 1.82) is 0 Å². The average Bonchev–Trinajstić information content (AvgIpc) is 3.28. The largest absolute Gasteiger partial charge is 0.481 e. The minimum absolute atomic E-state index is 0.0645. The number of ketones is 1. The lowest BCUT2D eigenvalue weighted by atomic mass is 9.93. The Bertz CT molecular complexity index is 598. The predicted molar refractivity (Wildman–Crippen MR) is 75.3 cm³/mol. The van der Waals surface area contributed by atoms with Crippen LogP contribution in [0.2, 0.25) is 0 Å². The zero-order valence-corrected chi connectivity index (χ0v) is 11.0. The fourth-order valence-electron chi connectivity index (χ4n) is 2.76. The number of rotatable bonds is 4. The molecule has 0 radical (unpaired) electrons. The van der Waals surface area contributed by atoms with Gasteiger partial charge in [0.15, 0.2) is 5.78 Å². The smallest absolute Gasteiger partial charge is 0.310 e. The van der Waals surface area contributed by atoms with E-state index >= 15 is 0 Å². The van der Waals surface area contributed by atoms with Crippen LogP contribution in [0.3, 0.4) is 0 Å². The van der Waals surface area contributed by atoms with E-state index in [1.165, 1.54) is 0 Å². The Morgan fingerprint density at radius 2 is 1.90 bits per heavy atom. The van der Waals surface area contributed by atoms with E-state index in [0.717, 1.165) is 17.6 Å². The fourth-order valence-corrected chi connectivity index (χ4v) is 2.76. The summed E-state index contributed by atoms with van der Waals surface area (Å²) in [5, 5.41) is 8.93. The summed E-state index contributed by atoms with van der Waals surface area (Å²) in [6, 6.07) is 9.36. The number of allylic oxidation sites excluding steroid dienone is 3. The number of benzene rings is 1. The number of hydrogen-bond donors (Lipinski definition) is 1. The molecule has 1 fully saturated rings. The first kappa shape index (κ1) is 12.9. The van der Waals surface area contributed by atoms with Crippen molar-refractivity contribution < 1.29 is 14.7 Å². The molecule has 0 bridgehead atoms. The second kappa shape index (κ2) is 5.08. The molecule has 3 rings (SSSR count). The Morgan fingerprint density at radius 1 is 1.15 bits per heavy atom. The lowest BCUT2D eigenvalue weighted by Gasteiger charge is -2.12. The van der Waals surface area contributed by atoms with Crippen molar-refractivity contribution in [2.45, 2.75) is 12.8 Å². The highest BCUT2D eigenvalue weighted by molar-refractivity contribution is 6.00. The molecule has 0 spiro atoms. The van der Waals surface area contributed by atoms with Crippen LogP contribution in [0.25, 0.3) is 0 Å². The van der Waals surface area contributed by atoms with Crippen molar-refractivity contribution in [2.24, 2.45) is 17.8 Å². The fraction of sp³-hybridized carbons (Fsp3) is 0.294. The molecule has 2 aliphatic carbocycles. The molecular weight excluding hydrogens is 252 g/mol. The van der Waals surface area contributed by atoms with Crippen LogP contribution in [0, 0.1) is 17.8 Å². The van der Waals surface area contributed by atoms with Crippen molar-refractivity contribution >= 4 is 11.8 Å². The minimum Gasteiger partial charge on any atom is -0.481 e. The first-order valence-electron chi connectivity index (χ1n) is 6.87. The number of carboxylic acids is 1. The van der Waals surface area contributed by atoms with Crippen LogP contribution in [0.5, 0.6) is 0 Å². The molecule has 3 heteroatoms. The van der Waals surface area contributed by atoms with Gasteiger partial charge in [-0.25, -0.2) is 0 Å². The molecule has 3 atom stereocenters. The van der Waals surface area contributed by atoms with E-state index in [0.29, 0.717) is 6.42 Å². The molecule has 0 aliphatic heterocycles. The molecular formula is C17H16O3. The molecule has 0 aromatic heterocycles. The highest BCUT2D eigenvalue weighted by Crippen LogP contribution is 2.47. The summed E-state index contributed by atoms with van der Waals surface area (Å²) in [6.45, 7) is 0. The van der Waals surface area contributed by atoms with E-state index in [4.69, 9.17) is 5.11 Å². The molecule has 1 N–H and O–H groups in total. The summed E-state index contributed by atoms with van der Waals surface area (Å²) in [4.78, 5) is 23.2. The van der Waals surface area contributed by atoms with Gasteiger partial charge in [0.05, 0.1) is 5.92 Å². The lowest BCUT2D eigenvalue weighted by Crippen LogP contribution is -2.13. The van der Waals surface area contributed by atoms with Gasteiger partial charge in [-0.15, -0.1) is 0 Å². The number of Topliss-reactive ketones (excluding diaryl/α,β-unsaturated/α-hetero) is 1. The van der Waals surface area contributed by atoms with Crippen LogP contribution >= 0.6 is 0 Å². The average molecular weight is 268 g/mol. The lowest BCUT2D eigenvalue weighted by molar-refractivity contribution is -0.139. The zero-order valence-electron chi connectivity index (χ0n) is 11.0. The van der Waals surface area contributed by atoms with E-state index in [1.807, 2.05) is 42.5 Å². The Labute approximate surface area is 117 Å². The van der Waals surface area contributed by atoms with E-state index < -0.39 is 11.9 Å². The number of aliphatic carboxylic acids is 1. The van der Waals surface area contributed by atoms with E-state index in [1.54, 1.807) is 6.08 Å². The van der Waals surface area contributed by atoms with Gasteiger partial charge >= 0.3 is 5.97 Å². The van der Waals surface area contributed by atoms with Crippen LogP contribution in [-0.2, 0) is 4.79 Å². The van der Waals surface area contributed by atoms with Gasteiger partial charge in [0.25, 0.3) is 0 Å². The van der Waals surface area contributed by atoms with Crippen molar-refractivity contribution in [2.75, 3.05) is 0 Å². The molecule has 3 nitrogen and oxygen atoms in total. The Morgan fingerprint density at radius 3 is 2.50 bits per heavy atom. The molecule has 20 heavy (non-hydrogen) atoms. The quantitative estimate of drug-likeness (QED) is 0.854. The van der Waals surface area contributed by atoms with Gasteiger partial charge < -0.3 is 5.11 Å². The summed E-state index contributed by atoms with van der Waals surface area (Å²) in [6.07, 6.45) is 7.00. The van der Waals surface area contributed by atoms with Crippen LogP contribution in [-0.4, -0.2) is 16.9 Å². The van der Waals surface area contributed by atoms with E-state index in [2.05, 4.69) is 0 Å². The van der Waals surface area contributed by atoms with Gasteiger partial charge in [0, 0.05) is 11.5 Å². The Balaban J connectivity index is 1.65. The SMILES string of the molecule is O=C(O)C1C=CC(C2CC2C(=O)c2ccccc2)=CC1. The molecule has 1 saturated carbocycles. The first-order chi connectivity index (χ1) is 9.66. The van der Waals surface area contributed by atoms with Gasteiger partial charge in [0.1, 0.15) is 0 Å². The summed E-state index contributed by atoms with van der Waals surface area (Å²) >= 11 is 0. The normalized spacial score (nSPS) is 27.8. The second-order valence-electron chi connectivity index (χ2n) is 5.42. The third-order valence-electron chi connectivity index (χ3n) is 4.06. The Kier molecular flexibility index (Phi) is 3.26. The molecule has 0 saturated heterocycles. The van der Waals surface area contributed by atoms with Crippen molar-refractivity contribution in [3.8, 4) is 0 Å². The third-order valence-corrected chi connectivity index (χ3v) is 4.06. The summed E-state index contributed by atoms with van der Waals surface area (Å²) < 4.78 is 0. The number of carboxylic acid groups (broad SMARTS) is 1. The van der Waals surface area contributed by atoms with Crippen molar-refractivity contribution in [1.82, 2.24) is 0 Å². The van der Waals surface area contributed by atoms with Gasteiger partial charge in [-0.05, 0) is 24.3 Å². The summed E-state index contributed by atoms with van der Waals surface area (Å²) in [5.41, 5.74) is 1.89. The minimum atomic E-state index is -0.788. The number of carbonyl (C=O) groups is 2. The zero-order chi connectivity index (χ0) is 14.1. The summed E-state index contributed by atoms with van der Waals surface area (Å²) in [7, 11) is 0. The van der Waals surface area contributed by atoms with Crippen molar-refractivity contribution in [3.05, 3.63) is 59.7 Å². The molecule has 3 unspecified atom stereocenters. The predicted octanol–water partition coefficient (Wildman–Crippen LogP) is 3.09. The number of carbonyl (C=O) groups excluding carboxylic acids is 1. The van der Waals surface area contributed by atoms with Crippen LogP contribution in [0.15, 0.2) is 54.1 Å². The molecule has 0 amide bonds. The third kappa shape index (κ3) is 2.44. The Hall–Kier alpha value is -2.16. The maximum Gasteiger partial charge on any atom is 0.310 e. The molecule has 102 valence electrons. The standard InChI is InChI=1S/C17H16O3/c18-16(12-4-2-1-3-5-12)15-10-14(15)11-6-8-13(9-7-11)17(19)20/h1-8,13-15H,9-10H2,(H,19,20). The maximum atomic E-state index is 12.3. The van der Waals surface area contributed by atoms with Crippen molar-refractivity contribution in [3.63, 3.8) is 0 Å². The molecule has 2 aliphatic rings. The highest BCUT2D eigenvalue weighted by Gasteiger charge is 2.44. The maximum absolute atomic E-state index is 12.3. The van der Waals surface area contributed by atoms with Gasteiger partial charge in [0.2, 0.25) is 0 Å². The van der Waals surface area contributed by atoms with E-state index in [9.17, 15) is 9.59 Å². The number of hydrogen-bond acceptors (Lipinski definition) is 2. The van der Waals surface area contributed by atoms with Crippen LogP contribution in [0.4, 0.5) is 0 Å². The van der Waals surface area contributed by atoms with Crippen LogP contribution < -0.4 is 0 Å². The monoisotopic (exact) mass is 268 g/mol. The second-order valence-corrected chi connectivity index (χ2v) is 5.42. The molecule has 1 aromatic rings. The van der Waals surface area contributed by atoms with Gasteiger partial charge in [-0.1, -0.05) is 48.6 Å². The van der Waals surface area contributed by atoms with Gasteiger partial charge in [-0.3, -0.25) is 9.59 Å². The van der Waals surface area contributed by atoms with Crippen LogP contribution in [0.1, 0.15) is 23.2 Å². The molecule has 1 aromatic carbocycles. The molecule has 0 heterocycles. The topological polar surface area (TPSA) is 54.4 Å². The van der Waals surface area contributed by atoms with E-state index in [-0.39, 0.29) is 17.6 Å². The van der Waals surface area contributed by atoms with Gasteiger partial charge in [-0.2, -0.15) is 0 Å². The first-order valence-corrected chi connectivity index (χ1v) is 6.87. The highest BCUT2D eigenvalue weighted by atomic mass is 16.4. The summed E-state index contributed by atoms with van der Waals surface area (Å²) in [5.74, 6) is -0.668.